The molecule has 0 saturated heterocycles. The quantitative estimate of drug-likeness (QED) is 0.252. The largest absolute Gasteiger partial charge is 0.673 e. The second kappa shape index (κ2) is 13.4. The maximum atomic E-state index is 9.75. The minimum Gasteiger partial charge on any atom is -0.418 e. The van der Waals surface area contributed by atoms with Crippen molar-refractivity contribution in [1.82, 2.24) is 0 Å². The molecule has 0 aliphatic heterocycles. The van der Waals surface area contributed by atoms with Crippen LogP contribution in [0.3, 0.4) is 0 Å². The minimum atomic E-state index is -6.00. The SMILES string of the molecule is CCCC[N+](CCC)(CCCC)CCCC.F[B-](F)(F)F. The van der Waals surface area contributed by atoms with E-state index in [0.717, 1.165) is 0 Å². The molecular formula is C15H34BF4N. The lowest BCUT2D eigenvalue weighted by Gasteiger charge is -2.39. The summed E-state index contributed by atoms with van der Waals surface area (Å²) in [5.41, 5.74) is 0. The molecule has 1 nitrogen and oxygen atoms in total. The van der Waals surface area contributed by atoms with Crippen LogP contribution in [0.2, 0.25) is 0 Å². The number of nitrogens with zero attached hydrogens (tertiary/aromatic N) is 1. The zero-order valence-electron chi connectivity index (χ0n) is 14.3. The van der Waals surface area contributed by atoms with Gasteiger partial charge in [-0.15, -0.1) is 0 Å². The molecule has 0 unspecified atom stereocenters. The number of quaternary nitrogens is 1. The summed E-state index contributed by atoms with van der Waals surface area (Å²) in [5.74, 6) is 0. The third-order valence-electron chi connectivity index (χ3n) is 3.66. The molecule has 130 valence electrons. The first kappa shape index (κ1) is 23.0. The molecular weight excluding hydrogens is 281 g/mol. The highest BCUT2D eigenvalue weighted by molar-refractivity contribution is 6.50. The Hall–Kier alpha value is -0.255. The fourth-order valence-corrected chi connectivity index (χ4v) is 2.63. The highest BCUT2D eigenvalue weighted by atomic mass is 19.5. The van der Waals surface area contributed by atoms with E-state index < -0.39 is 7.25 Å². The third-order valence-corrected chi connectivity index (χ3v) is 3.66. The van der Waals surface area contributed by atoms with E-state index in [4.69, 9.17) is 0 Å². The topological polar surface area (TPSA) is 0 Å². The molecule has 0 rings (SSSR count). The van der Waals surface area contributed by atoms with Gasteiger partial charge in [0.1, 0.15) is 0 Å². The Morgan fingerprint density at radius 3 is 1.05 bits per heavy atom. The van der Waals surface area contributed by atoms with E-state index in [1.807, 2.05) is 0 Å². The number of rotatable bonds is 11. The van der Waals surface area contributed by atoms with Crippen molar-refractivity contribution in [2.24, 2.45) is 0 Å². The van der Waals surface area contributed by atoms with Crippen LogP contribution >= 0.6 is 0 Å². The second-order valence-electron chi connectivity index (χ2n) is 5.79. The van der Waals surface area contributed by atoms with Crippen molar-refractivity contribution in [2.45, 2.75) is 72.6 Å². The molecule has 0 aromatic rings. The van der Waals surface area contributed by atoms with Crippen molar-refractivity contribution in [1.29, 1.82) is 0 Å². The average molecular weight is 315 g/mol. The van der Waals surface area contributed by atoms with Crippen molar-refractivity contribution in [3.8, 4) is 0 Å². The number of hydrogen-bond acceptors (Lipinski definition) is 0. The molecule has 6 heteroatoms. The Morgan fingerprint density at radius 2 is 0.857 bits per heavy atom. The first-order valence-corrected chi connectivity index (χ1v) is 8.47. The summed E-state index contributed by atoms with van der Waals surface area (Å²) in [6.45, 7) is 15.0. The standard InChI is InChI=1S/C15H34N.BF4/c1-5-9-13-16(12-8-4,14-10-6-2)15-11-7-3;2-1(3,4)5/h5-15H2,1-4H3;/q+1;-1. The zero-order chi connectivity index (χ0) is 16.8. The van der Waals surface area contributed by atoms with Gasteiger partial charge < -0.3 is 21.7 Å². The fraction of sp³-hybridized carbons (Fsp3) is 1.00. The van der Waals surface area contributed by atoms with Gasteiger partial charge in [0.2, 0.25) is 0 Å². The van der Waals surface area contributed by atoms with E-state index in [9.17, 15) is 17.3 Å². The van der Waals surface area contributed by atoms with Crippen molar-refractivity contribution >= 4 is 7.25 Å². The molecule has 0 amide bonds. The Labute approximate surface area is 128 Å². The summed E-state index contributed by atoms with van der Waals surface area (Å²) in [7, 11) is -6.00. The van der Waals surface area contributed by atoms with Gasteiger partial charge in [0.05, 0.1) is 26.2 Å². The third kappa shape index (κ3) is 17.7. The van der Waals surface area contributed by atoms with Gasteiger partial charge in [0.15, 0.2) is 0 Å². The van der Waals surface area contributed by atoms with Gasteiger partial charge in [-0.2, -0.15) is 0 Å². The minimum absolute atomic E-state index is 1.34. The molecule has 0 spiro atoms. The maximum absolute atomic E-state index is 9.75. The second-order valence-corrected chi connectivity index (χ2v) is 5.79. The van der Waals surface area contributed by atoms with Crippen LogP contribution in [-0.4, -0.2) is 37.9 Å². The van der Waals surface area contributed by atoms with Crippen LogP contribution in [0.5, 0.6) is 0 Å². The predicted molar refractivity (Wildman–Crippen MR) is 84.9 cm³/mol. The van der Waals surface area contributed by atoms with Gasteiger partial charge in [0, 0.05) is 0 Å². The monoisotopic (exact) mass is 315 g/mol. The van der Waals surface area contributed by atoms with Crippen LogP contribution < -0.4 is 0 Å². The van der Waals surface area contributed by atoms with Crippen molar-refractivity contribution < 1.29 is 21.7 Å². The van der Waals surface area contributed by atoms with Gasteiger partial charge in [-0.05, 0) is 25.7 Å². The summed E-state index contributed by atoms with van der Waals surface area (Å²) >= 11 is 0. The molecule has 0 bridgehead atoms. The first-order chi connectivity index (χ1) is 9.74. The first-order valence-electron chi connectivity index (χ1n) is 8.47. The Bertz CT molecular complexity index is 194. The van der Waals surface area contributed by atoms with Crippen molar-refractivity contribution in [2.75, 3.05) is 26.2 Å². The van der Waals surface area contributed by atoms with Crippen molar-refractivity contribution in [3.05, 3.63) is 0 Å². The number of halogens is 4. The van der Waals surface area contributed by atoms with E-state index >= 15 is 0 Å². The Kier molecular flexibility index (Phi) is 14.7. The summed E-state index contributed by atoms with van der Waals surface area (Å²) in [4.78, 5) is 0. The molecule has 0 heterocycles. The lowest BCUT2D eigenvalue weighted by Crippen LogP contribution is -2.50. The van der Waals surface area contributed by atoms with Crippen LogP contribution in [0.25, 0.3) is 0 Å². The molecule has 0 fully saturated rings. The van der Waals surface area contributed by atoms with Crippen LogP contribution in [0.1, 0.15) is 72.6 Å². The van der Waals surface area contributed by atoms with Crippen molar-refractivity contribution in [3.63, 3.8) is 0 Å². The van der Waals surface area contributed by atoms with E-state index in [1.54, 1.807) is 0 Å². The van der Waals surface area contributed by atoms with Crippen LogP contribution in [0, 0.1) is 0 Å². The smallest absolute Gasteiger partial charge is 0.418 e. The normalized spacial score (nSPS) is 12.0. The van der Waals surface area contributed by atoms with E-state index in [0.29, 0.717) is 0 Å². The Balaban J connectivity index is 0. The fourth-order valence-electron chi connectivity index (χ4n) is 2.63. The van der Waals surface area contributed by atoms with E-state index in [2.05, 4.69) is 27.7 Å². The molecule has 0 radical (unpaired) electrons. The molecule has 21 heavy (non-hydrogen) atoms. The van der Waals surface area contributed by atoms with Crippen LogP contribution in [-0.2, 0) is 0 Å². The highest BCUT2D eigenvalue weighted by Crippen LogP contribution is 2.15. The molecule has 0 atom stereocenters. The molecule has 0 aromatic heterocycles. The highest BCUT2D eigenvalue weighted by Gasteiger charge is 2.24. The number of unbranched alkanes of at least 4 members (excludes halogenated alkanes) is 3. The van der Waals surface area contributed by atoms with Gasteiger partial charge >= 0.3 is 7.25 Å². The van der Waals surface area contributed by atoms with Gasteiger partial charge in [-0.1, -0.05) is 47.0 Å². The lowest BCUT2D eigenvalue weighted by molar-refractivity contribution is -0.928. The molecule has 0 aliphatic carbocycles. The van der Waals surface area contributed by atoms with E-state index in [1.165, 1.54) is 75.6 Å². The predicted octanol–water partition coefficient (Wildman–Crippen LogP) is 5.91. The number of hydrogen-bond donors (Lipinski definition) is 0. The average Bonchev–Trinajstić information content (AvgIpc) is 2.38. The van der Waals surface area contributed by atoms with Crippen LogP contribution in [0.15, 0.2) is 0 Å². The lowest BCUT2D eigenvalue weighted by atomic mass is 10.1. The summed E-state index contributed by atoms with van der Waals surface area (Å²) in [6, 6.07) is 0. The summed E-state index contributed by atoms with van der Waals surface area (Å²) in [5, 5.41) is 0. The zero-order valence-corrected chi connectivity index (χ0v) is 14.3. The van der Waals surface area contributed by atoms with E-state index in [-0.39, 0.29) is 0 Å². The summed E-state index contributed by atoms with van der Waals surface area (Å²) in [6.07, 6.45) is 9.62. The Morgan fingerprint density at radius 1 is 0.571 bits per heavy atom. The van der Waals surface area contributed by atoms with Gasteiger partial charge in [-0.25, -0.2) is 0 Å². The molecule has 0 aromatic carbocycles. The summed E-state index contributed by atoms with van der Waals surface area (Å²) < 4.78 is 40.4. The molecule has 0 saturated carbocycles. The van der Waals surface area contributed by atoms with Crippen LogP contribution in [0.4, 0.5) is 17.3 Å². The molecule has 0 aliphatic rings. The molecule has 0 N–H and O–H groups in total. The van der Waals surface area contributed by atoms with Gasteiger partial charge in [0.25, 0.3) is 0 Å². The maximum Gasteiger partial charge on any atom is 0.673 e. The van der Waals surface area contributed by atoms with Gasteiger partial charge in [-0.3, -0.25) is 0 Å².